The highest BCUT2D eigenvalue weighted by molar-refractivity contribution is 5.14. The molecule has 0 N–H and O–H groups in total. The Morgan fingerprint density at radius 3 is 2.60 bits per heavy atom. The SMILES string of the molecule is C[C@@H]1CC[C@H](C)N(Cc2ccccc2)C1. The van der Waals surface area contributed by atoms with Gasteiger partial charge in [-0.3, -0.25) is 4.90 Å². The lowest BCUT2D eigenvalue weighted by molar-refractivity contribution is 0.117. The lowest BCUT2D eigenvalue weighted by atomic mass is 9.94. The van der Waals surface area contributed by atoms with Gasteiger partial charge in [-0.05, 0) is 31.2 Å². The molecule has 1 aromatic carbocycles. The fourth-order valence-corrected chi connectivity index (χ4v) is 2.42. The topological polar surface area (TPSA) is 3.24 Å². The highest BCUT2D eigenvalue weighted by Gasteiger charge is 2.22. The Kier molecular flexibility index (Phi) is 3.42. The van der Waals surface area contributed by atoms with Gasteiger partial charge in [0.2, 0.25) is 0 Å². The summed E-state index contributed by atoms with van der Waals surface area (Å²) in [6.45, 7) is 7.10. The van der Waals surface area contributed by atoms with Gasteiger partial charge >= 0.3 is 0 Å². The van der Waals surface area contributed by atoms with Crippen LogP contribution < -0.4 is 0 Å². The van der Waals surface area contributed by atoms with Gasteiger partial charge in [0.25, 0.3) is 0 Å². The summed E-state index contributed by atoms with van der Waals surface area (Å²) < 4.78 is 0. The van der Waals surface area contributed by atoms with Crippen LogP contribution in [0.15, 0.2) is 30.3 Å². The Balaban J connectivity index is 1.98. The number of rotatable bonds is 2. The van der Waals surface area contributed by atoms with E-state index in [1.165, 1.54) is 24.9 Å². The standard InChI is InChI=1S/C14H21N/c1-12-8-9-13(2)15(10-12)11-14-6-4-3-5-7-14/h3-7,12-13H,8-11H2,1-2H3/t12-,13+/m1/s1. The number of hydrogen-bond acceptors (Lipinski definition) is 1. The Labute approximate surface area is 93.1 Å². The summed E-state index contributed by atoms with van der Waals surface area (Å²) in [5, 5.41) is 0. The number of nitrogens with zero attached hydrogens (tertiary/aromatic N) is 1. The molecular formula is C14H21N. The van der Waals surface area contributed by atoms with Gasteiger partial charge in [-0.1, -0.05) is 37.3 Å². The highest BCUT2D eigenvalue weighted by Crippen LogP contribution is 2.22. The predicted octanol–water partition coefficient (Wildman–Crippen LogP) is 3.31. The molecule has 82 valence electrons. The maximum atomic E-state index is 2.61. The van der Waals surface area contributed by atoms with Gasteiger partial charge in [-0.25, -0.2) is 0 Å². The quantitative estimate of drug-likeness (QED) is 0.713. The van der Waals surface area contributed by atoms with Crippen LogP contribution >= 0.6 is 0 Å². The zero-order valence-electron chi connectivity index (χ0n) is 9.82. The van der Waals surface area contributed by atoms with Crippen molar-refractivity contribution in [3.63, 3.8) is 0 Å². The maximum absolute atomic E-state index is 2.61. The third-order valence-corrected chi connectivity index (χ3v) is 3.48. The van der Waals surface area contributed by atoms with E-state index in [1.807, 2.05) is 0 Å². The minimum atomic E-state index is 0.751. The van der Waals surface area contributed by atoms with E-state index in [4.69, 9.17) is 0 Å². The normalized spacial score (nSPS) is 27.9. The first-order valence-electron chi connectivity index (χ1n) is 6.03. The number of hydrogen-bond donors (Lipinski definition) is 0. The summed E-state index contributed by atoms with van der Waals surface area (Å²) in [6, 6.07) is 11.6. The van der Waals surface area contributed by atoms with E-state index >= 15 is 0 Å². The molecule has 1 aliphatic heterocycles. The van der Waals surface area contributed by atoms with Crippen molar-refractivity contribution < 1.29 is 0 Å². The van der Waals surface area contributed by atoms with Crippen LogP contribution in [0.4, 0.5) is 0 Å². The second kappa shape index (κ2) is 4.80. The largest absolute Gasteiger partial charge is 0.296 e. The van der Waals surface area contributed by atoms with E-state index in [0.717, 1.165) is 18.5 Å². The van der Waals surface area contributed by atoms with Gasteiger partial charge in [-0.15, -0.1) is 0 Å². The molecule has 1 nitrogen and oxygen atoms in total. The average Bonchev–Trinajstić information content (AvgIpc) is 2.25. The third-order valence-electron chi connectivity index (χ3n) is 3.48. The van der Waals surface area contributed by atoms with E-state index < -0.39 is 0 Å². The van der Waals surface area contributed by atoms with Crippen molar-refractivity contribution in [1.29, 1.82) is 0 Å². The Bertz CT molecular complexity index is 293. The molecular weight excluding hydrogens is 182 g/mol. The molecule has 0 amide bonds. The van der Waals surface area contributed by atoms with E-state index in [0.29, 0.717) is 0 Å². The van der Waals surface area contributed by atoms with E-state index in [-0.39, 0.29) is 0 Å². The van der Waals surface area contributed by atoms with Crippen molar-refractivity contribution in [2.24, 2.45) is 5.92 Å². The highest BCUT2D eigenvalue weighted by atomic mass is 15.2. The molecule has 0 bridgehead atoms. The molecule has 1 fully saturated rings. The molecule has 1 aliphatic rings. The van der Waals surface area contributed by atoms with Crippen molar-refractivity contribution in [2.75, 3.05) is 6.54 Å². The predicted molar refractivity (Wildman–Crippen MR) is 64.7 cm³/mol. The van der Waals surface area contributed by atoms with E-state index in [9.17, 15) is 0 Å². The number of piperidine rings is 1. The average molecular weight is 203 g/mol. The Hall–Kier alpha value is -0.820. The Morgan fingerprint density at radius 1 is 1.13 bits per heavy atom. The van der Waals surface area contributed by atoms with Gasteiger partial charge in [0.15, 0.2) is 0 Å². The smallest absolute Gasteiger partial charge is 0.0236 e. The van der Waals surface area contributed by atoms with Crippen LogP contribution in [0.3, 0.4) is 0 Å². The van der Waals surface area contributed by atoms with E-state index in [1.54, 1.807) is 0 Å². The van der Waals surface area contributed by atoms with Crippen LogP contribution in [0.5, 0.6) is 0 Å². The zero-order valence-corrected chi connectivity index (χ0v) is 9.82. The van der Waals surface area contributed by atoms with Gasteiger partial charge in [0.05, 0.1) is 0 Å². The van der Waals surface area contributed by atoms with Gasteiger partial charge in [0.1, 0.15) is 0 Å². The summed E-state index contributed by atoms with van der Waals surface area (Å²) in [5.41, 5.74) is 1.44. The summed E-state index contributed by atoms with van der Waals surface area (Å²) in [4.78, 5) is 2.61. The lowest BCUT2D eigenvalue weighted by Gasteiger charge is -2.36. The van der Waals surface area contributed by atoms with Crippen LogP contribution in [-0.4, -0.2) is 17.5 Å². The Morgan fingerprint density at radius 2 is 1.87 bits per heavy atom. The van der Waals surface area contributed by atoms with Crippen LogP contribution in [0.25, 0.3) is 0 Å². The molecule has 1 heterocycles. The number of likely N-dealkylation sites (tertiary alicyclic amines) is 1. The summed E-state index contributed by atoms with van der Waals surface area (Å²) in [5.74, 6) is 0.866. The molecule has 2 atom stereocenters. The molecule has 0 saturated carbocycles. The molecule has 0 spiro atoms. The first kappa shape index (κ1) is 10.7. The molecule has 1 heteroatoms. The van der Waals surface area contributed by atoms with Crippen LogP contribution in [-0.2, 0) is 6.54 Å². The van der Waals surface area contributed by atoms with Gasteiger partial charge in [-0.2, -0.15) is 0 Å². The fourth-order valence-electron chi connectivity index (χ4n) is 2.42. The lowest BCUT2D eigenvalue weighted by Crippen LogP contribution is -2.40. The molecule has 1 saturated heterocycles. The zero-order chi connectivity index (χ0) is 10.7. The van der Waals surface area contributed by atoms with Crippen LogP contribution in [0.1, 0.15) is 32.3 Å². The maximum Gasteiger partial charge on any atom is 0.0236 e. The van der Waals surface area contributed by atoms with Crippen molar-refractivity contribution in [3.8, 4) is 0 Å². The molecule has 0 unspecified atom stereocenters. The molecule has 0 aliphatic carbocycles. The van der Waals surface area contributed by atoms with E-state index in [2.05, 4.69) is 49.1 Å². The minimum Gasteiger partial charge on any atom is -0.296 e. The monoisotopic (exact) mass is 203 g/mol. The second-order valence-electron chi connectivity index (χ2n) is 4.95. The minimum absolute atomic E-state index is 0.751. The molecule has 15 heavy (non-hydrogen) atoms. The van der Waals surface area contributed by atoms with Crippen molar-refractivity contribution in [3.05, 3.63) is 35.9 Å². The molecule has 0 radical (unpaired) electrons. The summed E-state index contributed by atoms with van der Waals surface area (Å²) in [6.07, 6.45) is 2.75. The molecule has 0 aromatic heterocycles. The molecule has 2 rings (SSSR count). The summed E-state index contributed by atoms with van der Waals surface area (Å²) >= 11 is 0. The second-order valence-corrected chi connectivity index (χ2v) is 4.95. The van der Waals surface area contributed by atoms with Crippen molar-refractivity contribution in [1.82, 2.24) is 4.90 Å². The van der Waals surface area contributed by atoms with Gasteiger partial charge < -0.3 is 0 Å². The third kappa shape index (κ3) is 2.82. The van der Waals surface area contributed by atoms with Crippen molar-refractivity contribution in [2.45, 2.75) is 39.3 Å². The molecule has 1 aromatic rings. The van der Waals surface area contributed by atoms with Crippen LogP contribution in [0, 0.1) is 5.92 Å². The van der Waals surface area contributed by atoms with Crippen molar-refractivity contribution >= 4 is 0 Å². The first-order chi connectivity index (χ1) is 7.25. The van der Waals surface area contributed by atoms with Crippen LogP contribution in [0.2, 0.25) is 0 Å². The van der Waals surface area contributed by atoms with Gasteiger partial charge in [0, 0.05) is 19.1 Å². The fraction of sp³-hybridized carbons (Fsp3) is 0.571. The number of benzene rings is 1. The first-order valence-corrected chi connectivity index (χ1v) is 6.03. The summed E-state index contributed by atoms with van der Waals surface area (Å²) in [7, 11) is 0.